The molecule has 3 rings (SSSR count). The topological polar surface area (TPSA) is 125 Å². The molecule has 0 unspecified atom stereocenters. The van der Waals surface area contributed by atoms with E-state index in [2.05, 4.69) is 15.4 Å². The second-order valence-electron chi connectivity index (χ2n) is 8.23. The van der Waals surface area contributed by atoms with Gasteiger partial charge in [-0.2, -0.15) is 0 Å². The van der Waals surface area contributed by atoms with E-state index < -0.39 is 21.6 Å². The fourth-order valence-electron chi connectivity index (χ4n) is 4.17. The zero-order valence-electron chi connectivity index (χ0n) is 18.0. The lowest BCUT2D eigenvalue weighted by Crippen LogP contribution is -2.48. The molecule has 170 valence electrons. The van der Waals surface area contributed by atoms with E-state index >= 15 is 0 Å². The quantitative estimate of drug-likeness (QED) is 0.525. The first-order valence-corrected chi connectivity index (χ1v) is 12.4. The van der Waals surface area contributed by atoms with Gasteiger partial charge in [0.15, 0.2) is 0 Å². The van der Waals surface area contributed by atoms with Gasteiger partial charge in [0, 0.05) is 18.7 Å². The highest BCUT2D eigenvalue weighted by atomic mass is 32.2. The number of imide groups is 1. The highest BCUT2D eigenvalue weighted by molar-refractivity contribution is 7.92. The van der Waals surface area contributed by atoms with Gasteiger partial charge >= 0.3 is 6.03 Å². The molecule has 0 radical (unpaired) electrons. The first-order chi connectivity index (χ1) is 14.7. The molecule has 1 aromatic rings. The number of benzene rings is 1. The van der Waals surface area contributed by atoms with Gasteiger partial charge in [-0.3, -0.25) is 19.2 Å². The molecule has 3 N–H and O–H groups in total. The molecule has 1 aliphatic heterocycles. The van der Waals surface area contributed by atoms with E-state index in [0.717, 1.165) is 24.2 Å². The van der Waals surface area contributed by atoms with Crippen LogP contribution < -0.4 is 15.4 Å². The number of carbonyl (C=O) groups excluding carboxylic acids is 3. The summed E-state index contributed by atoms with van der Waals surface area (Å²) in [5.74, 6) is -0.591. The average molecular weight is 451 g/mol. The summed E-state index contributed by atoms with van der Waals surface area (Å²) in [6.07, 6.45) is 4.59. The third-order valence-electron chi connectivity index (χ3n) is 5.86. The van der Waals surface area contributed by atoms with Crippen molar-refractivity contribution in [2.24, 2.45) is 0 Å². The van der Waals surface area contributed by atoms with E-state index in [4.69, 9.17) is 0 Å². The highest BCUT2D eigenvalue weighted by Gasteiger charge is 2.51. The predicted octanol–water partition coefficient (Wildman–Crippen LogP) is 2.73. The Hall–Kier alpha value is -2.62. The smallest absolute Gasteiger partial charge is 0.325 e. The number of sulfonamides is 1. The van der Waals surface area contributed by atoms with Gasteiger partial charge in [0.2, 0.25) is 15.9 Å². The normalized spacial score (nSPS) is 18.2. The lowest BCUT2D eigenvalue weighted by Gasteiger charge is -2.30. The van der Waals surface area contributed by atoms with Crippen molar-refractivity contribution in [2.45, 2.75) is 64.3 Å². The van der Waals surface area contributed by atoms with Crippen LogP contribution in [0, 0.1) is 6.92 Å². The molecule has 1 heterocycles. The third kappa shape index (κ3) is 5.17. The summed E-state index contributed by atoms with van der Waals surface area (Å²) >= 11 is 0. The minimum atomic E-state index is -3.45. The molecule has 1 saturated carbocycles. The maximum Gasteiger partial charge on any atom is 0.325 e. The van der Waals surface area contributed by atoms with Crippen molar-refractivity contribution in [3.63, 3.8) is 0 Å². The first kappa shape index (κ1) is 23.1. The number of nitrogens with zero attached hydrogens (tertiary/aromatic N) is 1. The van der Waals surface area contributed by atoms with Gasteiger partial charge in [0.25, 0.3) is 5.91 Å². The van der Waals surface area contributed by atoms with Crippen molar-refractivity contribution in [1.29, 1.82) is 0 Å². The van der Waals surface area contributed by atoms with Gasteiger partial charge < -0.3 is 10.6 Å². The Balaban J connectivity index is 1.61. The fraction of sp³-hybridized carbons (Fsp3) is 0.571. The van der Waals surface area contributed by atoms with Gasteiger partial charge in [-0.1, -0.05) is 32.3 Å². The number of anilines is 2. The minimum absolute atomic E-state index is 0.000117. The van der Waals surface area contributed by atoms with Crippen LogP contribution in [0.3, 0.4) is 0 Å². The summed E-state index contributed by atoms with van der Waals surface area (Å²) in [4.78, 5) is 38.7. The van der Waals surface area contributed by atoms with Crippen molar-refractivity contribution in [3.8, 4) is 0 Å². The molecule has 9 nitrogen and oxygen atoms in total. The second-order valence-corrected chi connectivity index (χ2v) is 10.1. The van der Waals surface area contributed by atoms with E-state index in [9.17, 15) is 22.8 Å². The maximum atomic E-state index is 12.8. The Morgan fingerprint density at radius 3 is 2.52 bits per heavy atom. The second kappa shape index (κ2) is 9.25. The van der Waals surface area contributed by atoms with Gasteiger partial charge in [-0.25, -0.2) is 13.2 Å². The molecule has 2 aliphatic rings. The Bertz CT molecular complexity index is 970. The van der Waals surface area contributed by atoms with Crippen LogP contribution in [-0.2, 0) is 19.6 Å². The lowest BCUT2D eigenvalue weighted by atomic mass is 9.82. The van der Waals surface area contributed by atoms with Crippen LogP contribution in [0.2, 0.25) is 0 Å². The third-order valence-corrected chi connectivity index (χ3v) is 7.34. The van der Waals surface area contributed by atoms with Crippen LogP contribution in [0.4, 0.5) is 16.2 Å². The molecule has 31 heavy (non-hydrogen) atoms. The highest BCUT2D eigenvalue weighted by Crippen LogP contribution is 2.33. The summed E-state index contributed by atoms with van der Waals surface area (Å²) in [5.41, 5.74) is 0.667. The first-order valence-electron chi connectivity index (χ1n) is 10.7. The number of hydrogen-bond acceptors (Lipinski definition) is 5. The number of nitrogens with one attached hydrogen (secondary N) is 3. The van der Waals surface area contributed by atoms with E-state index in [0.29, 0.717) is 36.2 Å². The van der Waals surface area contributed by atoms with Gasteiger partial charge in [-0.05, 0) is 43.9 Å². The van der Waals surface area contributed by atoms with Crippen LogP contribution in [0.1, 0.15) is 57.4 Å². The van der Waals surface area contributed by atoms with Crippen LogP contribution >= 0.6 is 0 Å². The number of hydrogen-bond donors (Lipinski definition) is 3. The van der Waals surface area contributed by atoms with Crippen LogP contribution in [0.5, 0.6) is 0 Å². The standard InChI is InChI=1S/C21H30N4O5S/c1-3-14-31(29,30)24-17-9-7-8-16(15(17)2)22-18(26)10-13-25-19(27)21(23-20(25)28)11-5-4-6-12-21/h7-9,24H,3-6,10-14H2,1-2H3,(H,22,26)(H,23,28). The molecule has 1 saturated heterocycles. The molecule has 0 bridgehead atoms. The minimum Gasteiger partial charge on any atom is -0.326 e. The zero-order chi connectivity index (χ0) is 22.6. The molecular weight excluding hydrogens is 420 g/mol. The van der Waals surface area contributed by atoms with Crippen molar-refractivity contribution in [1.82, 2.24) is 10.2 Å². The Morgan fingerprint density at radius 2 is 1.84 bits per heavy atom. The number of rotatable bonds is 8. The fourth-order valence-corrected chi connectivity index (χ4v) is 5.36. The van der Waals surface area contributed by atoms with Crippen molar-refractivity contribution in [2.75, 3.05) is 22.3 Å². The molecule has 10 heteroatoms. The van der Waals surface area contributed by atoms with E-state index in [1.165, 1.54) is 0 Å². The van der Waals surface area contributed by atoms with Crippen molar-refractivity contribution < 1.29 is 22.8 Å². The average Bonchev–Trinajstić information content (AvgIpc) is 2.93. The van der Waals surface area contributed by atoms with Gasteiger partial charge in [0.05, 0.1) is 11.4 Å². The van der Waals surface area contributed by atoms with Crippen LogP contribution in [-0.4, -0.2) is 49.0 Å². The monoisotopic (exact) mass is 450 g/mol. The van der Waals surface area contributed by atoms with Gasteiger partial charge in [0.1, 0.15) is 5.54 Å². The van der Waals surface area contributed by atoms with E-state index in [1.54, 1.807) is 32.0 Å². The number of urea groups is 1. The molecule has 0 atom stereocenters. The molecule has 2 fully saturated rings. The Labute approximate surface area is 183 Å². The summed E-state index contributed by atoms with van der Waals surface area (Å²) in [6.45, 7) is 3.49. The largest absolute Gasteiger partial charge is 0.326 e. The Morgan fingerprint density at radius 1 is 1.16 bits per heavy atom. The Kier molecular flexibility index (Phi) is 6.88. The van der Waals surface area contributed by atoms with E-state index in [1.807, 2.05) is 0 Å². The van der Waals surface area contributed by atoms with Crippen LogP contribution in [0.25, 0.3) is 0 Å². The molecule has 1 aromatic carbocycles. The molecule has 0 aromatic heterocycles. The summed E-state index contributed by atoms with van der Waals surface area (Å²) in [6, 6.07) is 4.52. The predicted molar refractivity (Wildman–Crippen MR) is 118 cm³/mol. The zero-order valence-corrected chi connectivity index (χ0v) is 18.8. The summed E-state index contributed by atoms with van der Waals surface area (Å²) in [7, 11) is -3.45. The SMILES string of the molecule is CCCS(=O)(=O)Nc1cccc(NC(=O)CCN2C(=O)NC3(CCCCC3)C2=O)c1C. The molecule has 1 spiro atoms. The maximum absolute atomic E-state index is 12.8. The molecule has 4 amide bonds. The molecule has 1 aliphatic carbocycles. The molecular formula is C21H30N4O5S. The van der Waals surface area contributed by atoms with E-state index in [-0.39, 0.29) is 30.5 Å². The van der Waals surface area contributed by atoms with Crippen molar-refractivity contribution in [3.05, 3.63) is 23.8 Å². The van der Waals surface area contributed by atoms with Gasteiger partial charge in [-0.15, -0.1) is 0 Å². The lowest BCUT2D eigenvalue weighted by molar-refractivity contribution is -0.132. The number of amides is 4. The van der Waals surface area contributed by atoms with Crippen molar-refractivity contribution >= 4 is 39.2 Å². The summed E-state index contributed by atoms with van der Waals surface area (Å²) in [5, 5.41) is 5.58. The number of carbonyl (C=O) groups is 3. The van der Waals surface area contributed by atoms with Crippen LogP contribution in [0.15, 0.2) is 18.2 Å². The summed E-state index contributed by atoms with van der Waals surface area (Å²) < 4.78 is 26.6.